The molecule has 6 heteroatoms. The second-order valence-corrected chi connectivity index (χ2v) is 9.28. The third-order valence-electron chi connectivity index (χ3n) is 5.03. The van der Waals surface area contributed by atoms with Crippen LogP contribution in [-0.4, -0.2) is 10.9 Å². The maximum Gasteiger partial charge on any atom is 0.255 e. The number of rotatable bonds is 4. The molecule has 1 amide bonds. The molecule has 0 saturated heterocycles. The molecule has 0 spiro atoms. The molecular weight excluding hydrogens is 429 g/mol. The molecule has 1 atom stereocenters. The minimum Gasteiger partial charge on any atom is -0.322 e. The molecule has 31 heavy (non-hydrogen) atoms. The van der Waals surface area contributed by atoms with Gasteiger partial charge in [-0.2, -0.15) is 5.26 Å². The zero-order valence-corrected chi connectivity index (χ0v) is 19.3. The lowest BCUT2D eigenvalue weighted by molar-refractivity contribution is 0.102. The van der Waals surface area contributed by atoms with Crippen LogP contribution in [0.2, 0.25) is 10.0 Å². The standard InChI is InChI=1S/C25H23Cl2N3O/c1-15-11-19(20(14-28)16-5-7-18(26)8-6-16)21(27)13-22(15)30-24(31)17-9-10-29-23(12-17)25(2,3)4/h5-13,20H,1-4H3,(H,30,31). The van der Waals surface area contributed by atoms with E-state index in [9.17, 15) is 10.1 Å². The second kappa shape index (κ2) is 9.09. The molecule has 0 bridgehead atoms. The van der Waals surface area contributed by atoms with Crippen LogP contribution in [0.25, 0.3) is 0 Å². The molecule has 0 aliphatic carbocycles. The largest absolute Gasteiger partial charge is 0.322 e. The third-order valence-corrected chi connectivity index (χ3v) is 5.61. The molecule has 1 N–H and O–H groups in total. The number of halogens is 2. The van der Waals surface area contributed by atoms with Crippen molar-refractivity contribution in [3.63, 3.8) is 0 Å². The van der Waals surface area contributed by atoms with Crippen LogP contribution in [0.3, 0.4) is 0 Å². The van der Waals surface area contributed by atoms with Crippen molar-refractivity contribution in [1.82, 2.24) is 4.98 Å². The number of amides is 1. The van der Waals surface area contributed by atoms with E-state index in [1.54, 1.807) is 36.5 Å². The Kier molecular flexibility index (Phi) is 6.69. The summed E-state index contributed by atoms with van der Waals surface area (Å²) < 4.78 is 0. The highest BCUT2D eigenvalue weighted by Gasteiger charge is 2.20. The summed E-state index contributed by atoms with van der Waals surface area (Å²) in [6, 6.07) is 16.4. The molecule has 0 saturated carbocycles. The number of carbonyl (C=O) groups is 1. The maximum atomic E-state index is 12.8. The van der Waals surface area contributed by atoms with Crippen LogP contribution >= 0.6 is 23.2 Å². The van der Waals surface area contributed by atoms with Gasteiger partial charge in [-0.25, -0.2) is 0 Å². The Morgan fingerprint density at radius 1 is 1.10 bits per heavy atom. The first-order valence-electron chi connectivity index (χ1n) is 9.83. The van der Waals surface area contributed by atoms with Gasteiger partial charge < -0.3 is 5.32 Å². The molecule has 0 fully saturated rings. The number of benzene rings is 2. The van der Waals surface area contributed by atoms with Crippen LogP contribution in [0, 0.1) is 18.3 Å². The van der Waals surface area contributed by atoms with Crippen LogP contribution in [0.4, 0.5) is 5.69 Å². The van der Waals surface area contributed by atoms with Crippen molar-refractivity contribution in [3.8, 4) is 6.07 Å². The summed E-state index contributed by atoms with van der Waals surface area (Å²) in [5.74, 6) is -0.780. The molecule has 0 radical (unpaired) electrons. The molecule has 3 aromatic rings. The number of anilines is 1. The van der Waals surface area contributed by atoms with E-state index in [0.717, 1.165) is 16.8 Å². The monoisotopic (exact) mass is 451 g/mol. The summed E-state index contributed by atoms with van der Waals surface area (Å²) in [5.41, 5.74) is 4.09. The highest BCUT2D eigenvalue weighted by atomic mass is 35.5. The highest BCUT2D eigenvalue weighted by molar-refractivity contribution is 6.32. The van der Waals surface area contributed by atoms with Gasteiger partial charge in [-0.1, -0.05) is 62.2 Å². The van der Waals surface area contributed by atoms with E-state index in [4.69, 9.17) is 23.2 Å². The van der Waals surface area contributed by atoms with Crippen molar-refractivity contribution < 1.29 is 4.79 Å². The fourth-order valence-corrected chi connectivity index (χ4v) is 3.61. The maximum absolute atomic E-state index is 12.8. The first kappa shape index (κ1) is 22.8. The van der Waals surface area contributed by atoms with Crippen LogP contribution in [0.15, 0.2) is 54.7 Å². The molecule has 0 aliphatic heterocycles. The average molecular weight is 452 g/mol. The number of carbonyl (C=O) groups excluding carboxylic acids is 1. The summed E-state index contributed by atoms with van der Waals surface area (Å²) in [5, 5.41) is 13.7. The van der Waals surface area contributed by atoms with Gasteiger partial charge in [-0.15, -0.1) is 0 Å². The van der Waals surface area contributed by atoms with Gasteiger partial charge in [-0.3, -0.25) is 9.78 Å². The minimum absolute atomic E-state index is 0.162. The lowest BCUT2D eigenvalue weighted by Crippen LogP contribution is -2.17. The molecule has 4 nitrogen and oxygen atoms in total. The van der Waals surface area contributed by atoms with E-state index in [2.05, 4.69) is 16.4 Å². The minimum atomic E-state index is -0.539. The van der Waals surface area contributed by atoms with Crippen molar-refractivity contribution in [2.75, 3.05) is 5.32 Å². The Morgan fingerprint density at radius 2 is 1.77 bits per heavy atom. The predicted molar refractivity (Wildman–Crippen MR) is 126 cm³/mol. The molecular formula is C25H23Cl2N3O. The summed E-state index contributed by atoms with van der Waals surface area (Å²) in [4.78, 5) is 17.2. The van der Waals surface area contributed by atoms with Gasteiger partial charge >= 0.3 is 0 Å². The van der Waals surface area contributed by atoms with Crippen molar-refractivity contribution in [2.45, 2.75) is 39.0 Å². The lowest BCUT2D eigenvalue weighted by atomic mass is 9.90. The first-order chi connectivity index (χ1) is 14.6. The van der Waals surface area contributed by atoms with E-state index in [-0.39, 0.29) is 11.3 Å². The van der Waals surface area contributed by atoms with Crippen molar-refractivity contribution in [3.05, 3.63) is 92.7 Å². The van der Waals surface area contributed by atoms with Crippen molar-refractivity contribution >= 4 is 34.8 Å². The Morgan fingerprint density at radius 3 is 2.39 bits per heavy atom. The summed E-state index contributed by atoms with van der Waals surface area (Å²) in [6.45, 7) is 8.02. The molecule has 1 heterocycles. The van der Waals surface area contributed by atoms with Crippen molar-refractivity contribution in [2.24, 2.45) is 0 Å². The predicted octanol–water partition coefficient (Wildman–Crippen LogP) is 6.90. The van der Waals surface area contributed by atoms with E-state index in [1.807, 2.05) is 45.9 Å². The topological polar surface area (TPSA) is 65.8 Å². The Labute approximate surface area is 192 Å². The molecule has 158 valence electrons. The number of nitrogens with one attached hydrogen (secondary N) is 1. The van der Waals surface area contributed by atoms with Crippen LogP contribution in [-0.2, 0) is 5.41 Å². The van der Waals surface area contributed by atoms with E-state index < -0.39 is 5.92 Å². The summed E-state index contributed by atoms with van der Waals surface area (Å²) in [7, 11) is 0. The average Bonchev–Trinajstić information content (AvgIpc) is 2.72. The van der Waals surface area contributed by atoms with Gasteiger partial charge in [0.1, 0.15) is 0 Å². The number of aryl methyl sites for hydroxylation is 1. The summed E-state index contributed by atoms with van der Waals surface area (Å²) >= 11 is 12.5. The van der Waals surface area contributed by atoms with E-state index >= 15 is 0 Å². The molecule has 2 aromatic carbocycles. The molecule has 3 rings (SSSR count). The van der Waals surface area contributed by atoms with Crippen LogP contribution in [0.1, 0.15) is 59.4 Å². The summed E-state index contributed by atoms with van der Waals surface area (Å²) in [6.07, 6.45) is 1.64. The zero-order valence-electron chi connectivity index (χ0n) is 17.8. The van der Waals surface area contributed by atoms with E-state index in [1.165, 1.54) is 0 Å². The smallest absolute Gasteiger partial charge is 0.255 e. The Hall–Kier alpha value is -2.87. The van der Waals surface area contributed by atoms with Gasteiger partial charge in [-0.05, 0) is 53.9 Å². The normalized spacial score (nSPS) is 12.2. The fourth-order valence-electron chi connectivity index (χ4n) is 3.22. The third kappa shape index (κ3) is 5.25. The number of hydrogen-bond donors (Lipinski definition) is 1. The number of pyridine rings is 1. The molecule has 1 unspecified atom stereocenters. The molecule has 0 aliphatic rings. The second-order valence-electron chi connectivity index (χ2n) is 8.44. The van der Waals surface area contributed by atoms with Gasteiger partial charge in [0.05, 0.1) is 12.0 Å². The SMILES string of the molecule is Cc1cc(C(C#N)c2ccc(Cl)cc2)c(Cl)cc1NC(=O)c1ccnc(C(C)(C)C)c1. The highest BCUT2D eigenvalue weighted by Crippen LogP contribution is 2.34. The number of aromatic nitrogens is 1. The van der Waals surface area contributed by atoms with E-state index in [0.29, 0.717) is 26.9 Å². The quantitative estimate of drug-likeness (QED) is 0.468. The number of nitriles is 1. The first-order valence-corrected chi connectivity index (χ1v) is 10.6. The lowest BCUT2D eigenvalue weighted by Gasteiger charge is -2.18. The number of hydrogen-bond acceptors (Lipinski definition) is 3. The zero-order chi connectivity index (χ0) is 22.8. The molecule has 1 aromatic heterocycles. The van der Waals surface area contributed by atoms with Gasteiger partial charge in [0.25, 0.3) is 5.91 Å². The van der Waals surface area contributed by atoms with Crippen LogP contribution in [0.5, 0.6) is 0 Å². The Bertz CT molecular complexity index is 1160. The van der Waals surface area contributed by atoms with Gasteiger partial charge in [0, 0.05) is 38.6 Å². The van der Waals surface area contributed by atoms with Gasteiger partial charge in [0.15, 0.2) is 0 Å². The van der Waals surface area contributed by atoms with Gasteiger partial charge in [0.2, 0.25) is 0 Å². The Balaban J connectivity index is 1.89. The van der Waals surface area contributed by atoms with Crippen LogP contribution < -0.4 is 5.32 Å². The fraction of sp³-hybridized carbons (Fsp3) is 0.240. The number of nitrogens with zero attached hydrogens (tertiary/aromatic N) is 2. The van der Waals surface area contributed by atoms with Crippen molar-refractivity contribution in [1.29, 1.82) is 5.26 Å².